The predicted molar refractivity (Wildman–Crippen MR) is 55.9 cm³/mol. The molecule has 0 aliphatic heterocycles. The molecule has 76 valence electrons. The van der Waals surface area contributed by atoms with Crippen LogP contribution in [0.3, 0.4) is 0 Å². The fraction of sp³-hybridized carbons (Fsp3) is 0.500. The van der Waals surface area contributed by atoms with E-state index in [4.69, 9.17) is 0 Å². The SMILES string of the molecule is CNCC1c2ccc(F)cc2CC1C. The Balaban J connectivity index is 2.33. The van der Waals surface area contributed by atoms with Crippen molar-refractivity contribution >= 4 is 0 Å². The van der Waals surface area contributed by atoms with Crippen LogP contribution in [0.2, 0.25) is 0 Å². The Morgan fingerprint density at radius 2 is 2.29 bits per heavy atom. The van der Waals surface area contributed by atoms with Crippen molar-refractivity contribution < 1.29 is 4.39 Å². The molecule has 0 spiro atoms. The molecule has 1 aliphatic rings. The van der Waals surface area contributed by atoms with Gasteiger partial charge in [0.2, 0.25) is 0 Å². The highest BCUT2D eigenvalue weighted by molar-refractivity contribution is 5.36. The van der Waals surface area contributed by atoms with Gasteiger partial charge in [-0.2, -0.15) is 0 Å². The monoisotopic (exact) mass is 193 g/mol. The van der Waals surface area contributed by atoms with E-state index in [0.29, 0.717) is 11.8 Å². The van der Waals surface area contributed by atoms with E-state index in [9.17, 15) is 4.39 Å². The van der Waals surface area contributed by atoms with E-state index in [1.807, 2.05) is 13.1 Å². The average molecular weight is 193 g/mol. The lowest BCUT2D eigenvalue weighted by atomic mass is 9.94. The molecular weight excluding hydrogens is 177 g/mol. The van der Waals surface area contributed by atoms with Gasteiger partial charge < -0.3 is 5.32 Å². The first-order valence-electron chi connectivity index (χ1n) is 5.15. The van der Waals surface area contributed by atoms with E-state index in [0.717, 1.165) is 13.0 Å². The van der Waals surface area contributed by atoms with Crippen LogP contribution in [-0.2, 0) is 6.42 Å². The second-order valence-electron chi connectivity index (χ2n) is 4.19. The molecule has 1 N–H and O–H groups in total. The highest BCUT2D eigenvalue weighted by atomic mass is 19.1. The quantitative estimate of drug-likeness (QED) is 0.760. The predicted octanol–water partition coefficient (Wildman–Crippen LogP) is 2.32. The molecule has 1 aliphatic carbocycles. The van der Waals surface area contributed by atoms with Crippen LogP contribution in [0.15, 0.2) is 18.2 Å². The third-order valence-electron chi connectivity index (χ3n) is 3.16. The van der Waals surface area contributed by atoms with Crippen molar-refractivity contribution in [1.29, 1.82) is 0 Å². The smallest absolute Gasteiger partial charge is 0.123 e. The summed E-state index contributed by atoms with van der Waals surface area (Å²) in [4.78, 5) is 0. The molecule has 0 saturated heterocycles. The number of nitrogens with one attached hydrogen (secondary N) is 1. The van der Waals surface area contributed by atoms with E-state index in [2.05, 4.69) is 12.2 Å². The molecule has 0 saturated carbocycles. The first-order valence-corrected chi connectivity index (χ1v) is 5.15. The van der Waals surface area contributed by atoms with Crippen LogP contribution >= 0.6 is 0 Å². The Hall–Kier alpha value is -0.890. The number of rotatable bonds is 2. The number of hydrogen-bond acceptors (Lipinski definition) is 1. The summed E-state index contributed by atoms with van der Waals surface area (Å²) in [5.74, 6) is 1.07. The molecule has 2 unspecified atom stereocenters. The van der Waals surface area contributed by atoms with Gasteiger partial charge in [-0.05, 0) is 48.6 Å². The van der Waals surface area contributed by atoms with Crippen molar-refractivity contribution in [2.45, 2.75) is 19.3 Å². The van der Waals surface area contributed by atoms with Crippen molar-refractivity contribution in [3.05, 3.63) is 35.1 Å². The molecule has 0 bridgehead atoms. The first-order chi connectivity index (χ1) is 6.72. The molecule has 0 aromatic heterocycles. The van der Waals surface area contributed by atoms with Gasteiger partial charge in [0.25, 0.3) is 0 Å². The van der Waals surface area contributed by atoms with Crippen LogP contribution in [0.4, 0.5) is 4.39 Å². The van der Waals surface area contributed by atoms with Crippen LogP contribution in [-0.4, -0.2) is 13.6 Å². The zero-order valence-corrected chi connectivity index (χ0v) is 8.68. The Morgan fingerprint density at radius 3 is 3.00 bits per heavy atom. The van der Waals surface area contributed by atoms with Crippen LogP contribution in [0.1, 0.15) is 24.0 Å². The standard InChI is InChI=1S/C12H16FN/c1-8-5-9-6-10(13)3-4-11(9)12(8)7-14-2/h3-4,6,8,12,14H,5,7H2,1-2H3. The van der Waals surface area contributed by atoms with Gasteiger partial charge in [0.1, 0.15) is 5.82 Å². The van der Waals surface area contributed by atoms with Crippen molar-refractivity contribution in [3.63, 3.8) is 0 Å². The summed E-state index contributed by atoms with van der Waals surface area (Å²) in [6, 6.07) is 5.19. The van der Waals surface area contributed by atoms with Crippen LogP contribution < -0.4 is 5.32 Å². The maximum atomic E-state index is 13.0. The maximum Gasteiger partial charge on any atom is 0.123 e. The lowest BCUT2D eigenvalue weighted by molar-refractivity contribution is 0.480. The summed E-state index contributed by atoms with van der Waals surface area (Å²) in [6.07, 6.45) is 1.01. The minimum atomic E-state index is -0.110. The molecule has 14 heavy (non-hydrogen) atoms. The van der Waals surface area contributed by atoms with Gasteiger partial charge in [0, 0.05) is 6.54 Å². The van der Waals surface area contributed by atoms with Crippen molar-refractivity contribution in [2.75, 3.05) is 13.6 Å². The van der Waals surface area contributed by atoms with Crippen LogP contribution in [0.25, 0.3) is 0 Å². The second-order valence-corrected chi connectivity index (χ2v) is 4.19. The minimum Gasteiger partial charge on any atom is -0.319 e. The molecule has 1 nitrogen and oxygen atoms in total. The molecule has 1 aromatic carbocycles. The molecule has 2 rings (SSSR count). The summed E-state index contributed by atoms with van der Waals surface area (Å²) < 4.78 is 13.0. The first kappa shape index (κ1) is 9.66. The van der Waals surface area contributed by atoms with Gasteiger partial charge in [-0.15, -0.1) is 0 Å². The van der Waals surface area contributed by atoms with Crippen LogP contribution in [0.5, 0.6) is 0 Å². The van der Waals surface area contributed by atoms with Crippen molar-refractivity contribution in [3.8, 4) is 0 Å². The van der Waals surface area contributed by atoms with E-state index >= 15 is 0 Å². The summed E-state index contributed by atoms with van der Waals surface area (Å²) in [6.45, 7) is 3.22. The van der Waals surface area contributed by atoms with E-state index in [1.54, 1.807) is 12.1 Å². The van der Waals surface area contributed by atoms with E-state index in [-0.39, 0.29) is 5.82 Å². The Morgan fingerprint density at radius 1 is 1.50 bits per heavy atom. The van der Waals surface area contributed by atoms with Gasteiger partial charge in [-0.25, -0.2) is 4.39 Å². The fourth-order valence-electron chi connectivity index (χ4n) is 2.44. The summed E-state index contributed by atoms with van der Waals surface area (Å²) >= 11 is 0. The number of hydrogen-bond donors (Lipinski definition) is 1. The van der Waals surface area contributed by atoms with E-state index in [1.165, 1.54) is 11.1 Å². The van der Waals surface area contributed by atoms with Gasteiger partial charge >= 0.3 is 0 Å². The molecule has 2 heteroatoms. The Kier molecular flexibility index (Phi) is 2.55. The molecule has 0 heterocycles. The van der Waals surface area contributed by atoms with Crippen molar-refractivity contribution in [2.24, 2.45) is 5.92 Å². The number of likely N-dealkylation sites (N-methyl/N-ethyl adjacent to an activating group) is 1. The third-order valence-corrected chi connectivity index (χ3v) is 3.16. The molecule has 1 aromatic rings. The molecule has 0 fully saturated rings. The van der Waals surface area contributed by atoms with E-state index < -0.39 is 0 Å². The molecule has 0 radical (unpaired) electrons. The van der Waals surface area contributed by atoms with Crippen LogP contribution in [0, 0.1) is 11.7 Å². The van der Waals surface area contributed by atoms with Crippen molar-refractivity contribution in [1.82, 2.24) is 5.32 Å². The van der Waals surface area contributed by atoms with Gasteiger partial charge in [0.15, 0.2) is 0 Å². The molecule has 2 atom stereocenters. The lowest BCUT2D eigenvalue weighted by Crippen LogP contribution is -2.19. The maximum absolute atomic E-state index is 13.0. The highest BCUT2D eigenvalue weighted by Gasteiger charge is 2.28. The topological polar surface area (TPSA) is 12.0 Å². The molecular formula is C12H16FN. The summed E-state index contributed by atoms with van der Waals surface area (Å²) in [7, 11) is 1.97. The molecule has 0 amide bonds. The highest BCUT2D eigenvalue weighted by Crippen LogP contribution is 2.37. The largest absolute Gasteiger partial charge is 0.319 e. The lowest BCUT2D eigenvalue weighted by Gasteiger charge is -2.15. The summed E-state index contributed by atoms with van der Waals surface area (Å²) in [5.41, 5.74) is 2.52. The second kappa shape index (κ2) is 3.70. The zero-order valence-electron chi connectivity index (χ0n) is 8.68. The minimum absolute atomic E-state index is 0.110. The third kappa shape index (κ3) is 1.55. The Labute approximate surface area is 84.3 Å². The van der Waals surface area contributed by atoms with Gasteiger partial charge in [0.05, 0.1) is 0 Å². The van der Waals surface area contributed by atoms with Gasteiger partial charge in [-0.3, -0.25) is 0 Å². The average Bonchev–Trinajstić information content (AvgIpc) is 2.43. The zero-order chi connectivity index (χ0) is 10.1. The summed E-state index contributed by atoms with van der Waals surface area (Å²) in [5, 5.41) is 3.20. The fourth-order valence-corrected chi connectivity index (χ4v) is 2.44. The normalized spacial score (nSPS) is 25.1. The van der Waals surface area contributed by atoms with Gasteiger partial charge in [-0.1, -0.05) is 13.0 Å². The number of halogens is 1. The Bertz CT molecular complexity index is 335. The number of benzene rings is 1. The number of fused-ring (bicyclic) bond motifs is 1.